The molecule has 10 heteroatoms. The lowest BCUT2D eigenvalue weighted by atomic mass is 9.59. The van der Waals surface area contributed by atoms with E-state index in [0.29, 0.717) is 42.2 Å². The molecule has 5 atom stereocenters. The van der Waals surface area contributed by atoms with E-state index in [1.54, 1.807) is 0 Å². The van der Waals surface area contributed by atoms with Crippen molar-refractivity contribution in [3.8, 4) is 17.2 Å². The third-order valence-electron chi connectivity index (χ3n) is 13.1. The molecule has 3 aliphatic carbocycles. The standard InChI is InChI=1S/C43H55ClN4O5/c1-27(26-51-35-11-16-45-34-10-5-7-28(2)40(34)35)19-30-20-29-21-36-37(53-39-25-48(18-17-47(3)4)24-38(39)52-36)23-33(29)42(30)12-14-43(15-13-42,41(49)50)46-32-9-6-8-31(44)22-32/h6,8-9,11,16,21-23,27-28,30,38-39,46H,5,7,10,12-15,17-20,24-26H2,1-4H3,(H,49,50)/t27-,28-,30+,38-,39+,42?,43?/m1/s1. The lowest BCUT2D eigenvalue weighted by Crippen LogP contribution is -2.53. The predicted molar refractivity (Wildman–Crippen MR) is 208 cm³/mol. The molecule has 0 amide bonds. The lowest BCUT2D eigenvalue weighted by molar-refractivity contribution is -0.144. The zero-order chi connectivity index (χ0) is 36.9. The van der Waals surface area contributed by atoms with Crippen LogP contribution in [0, 0.1) is 11.8 Å². The van der Waals surface area contributed by atoms with Gasteiger partial charge in [-0.1, -0.05) is 31.5 Å². The third kappa shape index (κ3) is 7.09. The Labute approximate surface area is 319 Å². The summed E-state index contributed by atoms with van der Waals surface area (Å²) in [5.41, 5.74) is 4.60. The maximum Gasteiger partial charge on any atom is 0.329 e. The van der Waals surface area contributed by atoms with Crippen LogP contribution in [0.15, 0.2) is 48.7 Å². The van der Waals surface area contributed by atoms with Crippen molar-refractivity contribution >= 4 is 23.3 Å². The number of carboxylic acid groups (broad SMARTS) is 1. The zero-order valence-electron chi connectivity index (χ0n) is 31.7. The van der Waals surface area contributed by atoms with E-state index in [9.17, 15) is 9.90 Å². The number of likely N-dealkylation sites (tertiary alicyclic amines) is 1. The second-order valence-corrected chi connectivity index (χ2v) is 17.5. The van der Waals surface area contributed by atoms with Crippen LogP contribution < -0.4 is 19.5 Å². The number of hydrogen-bond donors (Lipinski definition) is 2. The Morgan fingerprint density at radius 3 is 2.58 bits per heavy atom. The Balaban J connectivity index is 1.05. The van der Waals surface area contributed by atoms with Gasteiger partial charge in [0.2, 0.25) is 0 Å². The summed E-state index contributed by atoms with van der Waals surface area (Å²) in [7, 11) is 4.22. The number of halogens is 1. The Morgan fingerprint density at radius 1 is 1.11 bits per heavy atom. The first-order valence-corrected chi connectivity index (χ1v) is 20.2. The molecule has 53 heavy (non-hydrogen) atoms. The molecule has 284 valence electrons. The number of nitrogens with one attached hydrogen (secondary N) is 1. The fourth-order valence-corrected chi connectivity index (χ4v) is 10.4. The van der Waals surface area contributed by atoms with Gasteiger partial charge in [0.1, 0.15) is 23.5 Å². The van der Waals surface area contributed by atoms with Crippen LogP contribution in [-0.4, -0.2) is 90.5 Å². The van der Waals surface area contributed by atoms with Crippen molar-refractivity contribution in [2.24, 2.45) is 11.8 Å². The number of rotatable bonds is 11. The van der Waals surface area contributed by atoms with Crippen molar-refractivity contribution in [3.05, 3.63) is 76.1 Å². The van der Waals surface area contributed by atoms with Crippen LogP contribution in [0.5, 0.6) is 17.2 Å². The SMILES string of the molecule is C[C@@H](COc1ccnc2c1[C@H](C)CCC2)C[C@H]1Cc2cc3c(cc2C12CCC(Nc1cccc(Cl)c1)(C(=O)O)CC2)O[C@H]1CN(CCN(C)C)C[C@H]1O3. The molecule has 1 aromatic heterocycles. The minimum absolute atomic E-state index is 0.00240. The minimum Gasteiger partial charge on any atom is -0.493 e. The van der Waals surface area contributed by atoms with Gasteiger partial charge in [0.15, 0.2) is 11.5 Å². The quantitative estimate of drug-likeness (QED) is 0.206. The van der Waals surface area contributed by atoms with Crippen LogP contribution >= 0.6 is 11.6 Å². The summed E-state index contributed by atoms with van der Waals surface area (Å²) >= 11 is 6.32. The van der Waals surface area contributed by atoms with Gasteiger partial charge < -0.3 is 29.5 Å². The summed E-state index contributed by atoms with van der Waals surface area (Å²) in [6.07, 6.45) is 9.76. The molecule has 2 N–H and O–H groups in total. The summed E-state index contributed by atoms with van der Waals surface area (Å²) < 4.78 is 20.1. The number of pyridine rings is 1. The third-order valence-corrected chi connectivity index (χ3v) is 13.3. The van der Waals surface area contributed by atoms with Gasteiger partial charge in [-0.2, -0.15) is 0 Å². The van der Waals surface area contributed by atoms with E-state index in [1.165, 1.54) is 35.2 Å². The topological polar surface area (TPSA) is 96.4 Å². The number of aromatic nitrogens is 1. The van der Waals surface area contributed by atoms with Gasteiger partial charge in [0, 0.05) is 54.3 Å². The Kier molecular flexibility index (Phi) is 10.0. The smallest absolute Gasteiger partial charge is 0.329 e. The van der Waals surface area contributed by atoms with Crippen molar-refractivity contribution in [1.82, 2.24) is 14.8 Å². The summed E-state index contributed by atoms with van der Waals surface area (Å²) in [6.45, 7) is 8.95. The molecule has 1 saturated heterocycles. The molecule has 8 rings (SSSR count). The number of likely N-dealkylation sites (N-methyl/N-ethyl adjacent to an activating group) is 1. The van der Waals surface area contributed by atoms with E-state index in [1.807, 2.05) is 36.5 Å². The molecule has 1 saturated carbocycles. The number of anilines is 1. The van der Waals surface area contributed by atoms with Crippen LogP contribution in [0.2, 0.25) is 5.02 Å². The number of fused-ring (bicyclic) bond motifs is 5. The summed E-state index contributed by atoms with van der Waals surface area (Å²) in [5, 5.41) is 14.7. The highest BCUT2D eigenvalue weighted by atomic mass is 35.5. The average molecular weight is 743 g/mol. The number of carboxylic acids is 1. The van der Waals surface area contributed by atoms with Gasteiger partial charge in [0.05, 0.1) is 6.61 Å². The molecule has 2 fully saturated rings. The monoisotopic (exact) mass is 742 g/mol. The molecule has 2 aliphatic heterocycles. The summed E-state index contributed by atoms with van der Waals surface area (Å²) in [4.78, 5) is 22.4. The van der Waals surface area contributed by atoms with Gasteiger partial charge >= 0.3 is 5.97 Å². The maximum absolute atomic E-state index is 13.1. The largest absolute Gasteiger partial charge is 0.493 e. The van der Waals surface area contributed by atoms with Crippen LogP contribution in [0.1, 0.15) is 87.1 Å². The second-order valence-electron chi connectivity index (χ2n) is 17.0. The number of carbonyl (C=O) groups is 1. The fourth-order valence-electron chi connectivity index (χ4n) is 10.2. The minimum atomic E-state index is -1.07. The predicted octanol–water partition coefficient (Wildman–Crippen LogP) is 7.59. The second kappa shape index (κ2) is 14.6. The highest BCUT2D eigenvalue weighted by Crippen LogP contribution is 2.58. The highest BCUT2D eigenvalue weighted by molar-refractivity contribution is 6.30. The number of aryl methyl sites for hydroxylation is 1. The zero-order valence-corrected chi connectivity index (χ0v) is 32.5. The van der Waals surface area contributed by atoms with Crippen LogP contribution in [0.4, 0.5) is 5.69 Å². The first-order chi connectivity index (χ1) is 25.5. The van der Waals surface area contributed by atoms with Crippen LogP contribution in [0.3, 0.4) is 0 Å². The number of hydrogen-bond acceptors (Lipinski definition) is 8. The highest BCUT2D eigenvalue weighted by Gasteiger charge is 2.55. The van der Waals surface area contributed by atoms with Gasteiger partial charge in [-0.05, 0) is 143 Å². The Morgan fingerprint density at radius 2 is 1.87 bits per heavy atom. The number of benzene rings is 2. The van der Waals surface area contributed by atoms with Crippen LogP contribution in [-0.2, 0) is 23.1 Å². The summed E-state index contributed by atoms with van der Waals surface area (Å²) in [6, 6.07) is 14.0. The van der Waals surface area contributed by atoms with Crippen molar-refractivity contribution < 1.29 is 24.1 Å². The van der Waals surface area contributed by atoms with E-state index >= 15 is 0 Å². The van der Waals surface area contributed by atoms with Crippen molar-refractivity contribution in [2.45, 2.75) is 101 Å². The molecular formula is C43H55ClN4O5. The molecule has 0 radical (unpaired) electrons. The van der Waals surface area contributed by atoms with E-state index in [2.05, 4.69) is 60.2 Å². The molecule has 0 unspecified atom stereocenters. The normalized spacial score (nSPS) is 29.4. The Bertz CT molecular complexity index is 1830. The molecular weight excluding hydrogens is 688 g/mol. The Hall–Kier alpha value is -3.53. The number of ether oxygens (including phenoxy) is 3. The molecule has 1 spiro atoms. The summed E-state index contributed by atoms with van der Waals surface area (Å²) in [5.74, 6) is 2.96. The van der Waals surface area contributed by atoms with E-state index in [0.717, 1.165) is 81.2 Å². The molecule has 2 aromatic carbocycles. The van der Waals surface area contributed by atoms with Gasteiger partial charge in [-0.25, -0.2) is 4.79 Å². The van der Waals surface area contributed by atoms with Crippen molar-refractivity contribution in [1.29, 1.82) is 0 Å². The molecule has 3 heterocycles. The number of nitrogens with zero attached hydrogens (tertiary/aromatic N) is 3. The fraction of sp³-hybridized carbons (Fsp3) is 0.581. The number of aliphatic carboxylic acids is 1. The van der Waals surface area contributed by atoms with Gasteiger partial charge in [-0.3, -0.25) is 9.88 Å². The first-order valence-electron chi connectivity index (χ1n) is 19.8. The van der Waals surface area contributed by atoms with Crippen molar-refractivity contribution in [3.63, 3.8) is 0 Å². The van der Waals surface area contributed by atoms with Crippen LogP contribution in [0.25, 0.3) is 0 Å². The molecule has 3 aromatic rings. The average Bonchev–Trinajstić information content (AvgIpc) is 3.66. The van der Waals surface area contributed by atoms with E-state index < -0.39 is 11.5 Å². The molecule has 9 nitrogen and oxygen atoms in total. The maximum atomic E-state index is 13.1. The molecule has 0 bridgehead atoms. The van der Waals surface area contributed by atoms with E-state index in [-0.39, 0.29) is 17.6 Å². The first kappa shape index (κ1) is 36.4. The van der Waals surface area contributed by atoms with Crippen molar-refractivity contribution in [2.75, 3.05) is 52.2 Å². The molecule has 5 aliphatic rings. The lowest BCUT2D eigenvalue weighted by Gasteiger charge is -2.47. The van der Waals surface area contributed by atoms with Gasteiger partial charge in [-0.15, -0.1) is 0 Å². The van der Waals surface area contributed by atoms with E-state index in [4.69, 9.17) is 25.8 Å². The van der Waals surface area contributed by atoms with Gasteiger partial charge in [0.25, 0.3) is 0 Å².